The monoisotopic (exact) mass is 316 g/mol. The molecule has 0 aliphatic rings. The molecule has 0 aliphatic carbocycles. The SMILES string of the molecule is CC(C)[C@H](NC(=O)c1ccc([N+](=O)[O-])cc1)c1ccc(F)cc1. The van der Waals surface area contributed by atoms with Gasteiger partial charge in [0.1, 0.15) is 5.82 Å². The molecule has 0 fully saturated rings. The number of carbonyl (C=O) groups excluding carboxylic acids is 1. The van der Waals surface area contributed by atoms with Gasteiger partial charge in [-0.05, 0) is 35.7 Å². The van der Waals surface area contributed by atoms with Crippen LogP contribution >= 0.6 is 0 Å². The summed E-state index contributed by atoms with van der Waals surface area (Å²) in [5.41, 5.74) is 1.07. The first kappa shape index (κ1) is 16.6. The number of nitro groups is 1. The van der Waals surface area contributed by atoms with Crippen molar-refractivity contribution in [2.24, 2.45) is 5.92 Å². The number of hydrogen-bond acceptors (Lipinski definition) is 3. The topological polar surface area (TPSA) is 72.2 Å². The molecule has 5 nitrogen and oxygen atoms in total. The van der Waals surface area contributed by atoms with Crippen molar-refractivity contribution in [1.82, 2.24) is 5.32 Å². The molecule has 6 heteroatoms. The molecule has 23 heavy (non-hydrogen) atoms. The Morgan fingerprint density at radius 3 is 2.13 bits per heavy atom. The third-order valence-corrected chi connectivity index (χ3v) is 3.52. The molecule has 0 bridgehead atoms. The zero-order valence-corrected chi connectivity index (χ0v) is 12.8. The maximum atomic E-state index is 13.0. The van der Waals surface area contributed by atoms with Crippen LogP contribution in [-0.4, -0.2) is 10.8 Å². The number of non-ortho nitro benzene ring substituents is 1. The van der Waals surface area contributed by atoms with E-state index in [1.807, 2.05) is 13.8 Å². The molecule has 0 aliphatic heterocycles. The third kappa shape index (κ3) is 4.12. The number of benzene rings is 2. The van der Waals surface area contributed by atoms with E-state index in [4.69, 9.17) is 0 Å². The van der Waals surface area contributed by atoms with Crippen LogP contribution in [0, 0.1) is 21.8 Å². The molecule has 1 amide bonds. The van der Waals surface area contributed by atoms with E-state index < -0.39 is 4.92 Å². The summed E-state index contributed by atoms with van der Waals surface area (Å²) >= 11 is 0. The lowest BCUT2D eigenvalue weighted by atomic mass is 9.95. The Labute approximate surface area is 133 Å². The van der Waals surface area contributed by atoms with E-state index in [0.717, 1.165) is 5.56 Å². The zero-order valence-electron chi connectivity index (χ0n) is 12.8. The minimum atomic E-state index is -0.517. The highest BCUT2D eigenvalue weighted by atomic mass is 19.1. The van der Waals surface area contributed by atoms with Gasteiger partial charge in [-0.25, -0.2) is 4.39 Å². The molecule has 1 atom stereocenters. The summed E-state index contributed by atoms with van der Waals surface area (Å²) in [7, 11) is 0. The van der Waals surface area contributed by atoms with E-state index in [2.05, 4.69) is 5.32 Å². The third-order valence-electron chi connectivity index (χ3n) is 3.52. The van der Waals surface area contributed by atoms with Crippen LogP contribution in [0.25, 0.3) is 0 Å². The van der Waals surface area contributed by atoms with Crippen LogP contribution in [-0.2, 0) is 0 Å². The van der Waals surface area contributed by atoms with E-state index in [1.54, 1.807) is 12.1 Å². The van der Waals surface area contributed by atoms with Gasteiger partial charge < -0.3 is 5.32 Å². The number of nitrogens with zero attached hydrogens (tertiary/aromatic N) is 1. The van der Waals surface area contributed by atoms with Crippen LogP contribution < -0.4 is 5.32 Å². The second-order valence-corrected chi connectivity index (χ2v) is 5.55. The summed E-state index contributed by atoms with van der Waals surface area (Å²) < 4.78 is 13.0. The molecule has 2 aromatic carbocycles. The first-order valence-corrected chi connectivity index (χ1v) is 7.19. The van der Waals surface area contributed by atoms with E-state index in [1.165, 1.54) is 36.4 Å². The van der Waals surface area contributed by atoms with E-state index in [0.29, 0.717) is 5.56 Å². The summed E-state index contributed by atoms with van der Waals surface area (Å²) in [4.78, 5) is 22.4. The summed E-state index contributed by atoms with van der Waals surface area (Å²) in [5.74, 6) is -0.566. The van der Waals surface area contributed by atoms with Crippen molar-refractivity contribution in [1.29, 1.82) is 0 Å². The average molecular weight is 316 g/mol. The molecule has 0 heterocycles. The smallest absolute Gasteiger partial charge is 0.269 e. The number of nitro benzene ring substituents is 1. The largest absolute Gasteiger partial charge is 0.345 e. The number of nitrogens with one attached hydrogen (secondary N) is 1. The zero-order chi connectivity index (χ0) is 17.0. The first-order chi connectivity index (χ1) is 10.9. The van der Waals surface area contributed by atoms with E-state index in [-0.39, 0.29) is 29.4 Å². The van der Waals surface area contributed by atoms with Gasteiger partial charge in [-0.1, -0.05) is 26.0 Å². The molecule has 2 rings (SSSR count). The summed E-state index contributed by atoms with van der Waals surface area (Å²) in [6, 6.07) is 11.1. The number of amides is 1. The quantitative estimate of drug-likeness (QED) is 0.672. The molecule has 0 unspecified atom stereocenters. The van der Waals surface area contributed by atoms with Crippen molar-refractivity contribution in [3.63, 3.8) is 0 Å². The van der Waals surface area contributed by atoms with Gasteiger partial charge in [0, 0.05) is 17.7 Å². The number of hydrogen-bond donors (Lipinski definition) is 1. The van der Waals surface area contributed by atoms with Crippen LogP contribution in [0.4, 0.5) is 10.1 Å². The summed E-state index contributed by atoms with van der Waals surface area (Å²) in [5, 5.41) is 13.5. The van der Waals surface area contributed by atoms with Crippen molar-refractivity contribution in [2.75, 3.05) is 0 Å². The van der Waals surface area contributed by atoms with Crippen molar-refractivity contribution in [3.8, 4) is 0 Å². The van der Waals surface area contributed by atoms with Gasteiger partial charge in [-0.15, -0.1) is 0 Å². The number of carbonyl (C=O) groups is 1. The fourth-order valence-corrected chi connectivity index (χ4v) is 2.26. The standard InChI is InChI=1S/C17H17FN2O3/c1-11(2)16(12-3-7-14(18)8-4-12)19-17(21)13-5-9-15(10-6-13)20(22)23/h3-11,16H,1-2H3,(H,19,21)/t16-/m0/s1. The lowest BCUT2D eigenvalue weighted by molar-refractivity contribution is -0.384. The molecule has 1 N–H and O–H groups in total. The van der Waals surface area contributed by atoms with Gasteiger partial charge in [0.25, 0.3) is 11.6 Å². The Kier molecular flexibility index (Phi) is 5.05. The van der Waals surface area contributed by atoms with Crippen LogP contribution in [0.5, 0.6) is 0 Å². The maximum Gasteiger partial charge on any atom is 0.269 e. The molecule has 0 spiro atoms. The second kappa shape index (κ2) is 7.00. The van der Waals surface area contributed by atoms with Gasteiger partial charge in [-0.3, -0.25) is 14.9 Å². The minimum Gasteiger partial charge on any atom is -0.345 e. The lowest BCUT2D eigenvalue weighted by Crippen LogP contribution is -2.31. The molecule has 120 valence electrons. The van der Waals surface area contributed by atoms with Crippen molar-refractivity contribution in [3.05, 3.63) is 75.6 Å². The fraction of sp³-hybridized carbons (Fsp3) is 0.235. The van der Waals surface area contributed by atoms with Gasteiger partial charge in [-0.2, -0.15) is 0 Å². The summed E-state index contributed by atoms with van der Waals surface area (Å²) in [6.45, 7) is 3.90. The van der Waals surface area contributed by atoms with Crippen LogP contribution in [0.3, 0.4) is 0 Å². The number of rotatable bonds is 5. The minimum absolute atomic E-state index is 0.0690. The molecule has 0 saturated heterocycles. The maximum absolute atomic E-state index is 13.0. The van der Waals surface area contributed by atoms with Gasteiger partial charge in [0.15, 0.2) is 0 Å². The lowest BCUT2D eigenvalue weighted by Gasteiger charge is -2.23. The van der Waals surface area contributed by atoms with Crippen LogP contribution in [0.1, 0.15) is 35.8 Å². The Morgan fingerprint density at radius 1 is 1.09 bits per heavy atom. The van der Waals surface area contributed by atoms with Crippen LogP contribution in [0.15, 0.2) is 48.5 Å². The van der Waals surface area contributed by atoms with E-state index >= 15 is 0 Å². The van der Waals surface area contributed by atoms with Gasteiger partial charge in [0.2, 0.25) is 0 Å². The highest BCUT2D eigenvalue weighted by molar-refractivity contribution is 5.94. The molecular formula is C17H17FN2O3. The Balaban J connectivity index is 2.17. The molecule has 0 radical (unpaired) electrons. The average Bonchev–Trinajstić information content (AvgIpc) is 2.53. The first-order valence-electron chi connectivity index (χ1n) is 7.19. The van der Waals surface area contributed by atoms with Crippen molar-refractivity contribution < 1.29 is 14.1 Å². The van der Waals surface area contributed by atoms with Gasteiger partial charge in [0.05, 0.1) is 11.0 Å². The number of halogens is 1. The predicted octanol–water partition coefficient (Wildman–Crippen LogP) is 3.86. The molecule has 0 aromatic heterocycles. The summed E-state index contributed by atoms with van der Waals surface area (Å²) in [6.07, 6.45) is 0. The highest BCUT2D eigenvalue weighted by Gasteiger charge is 2.19. The Bertz CT molecular complexity index is 697. The van der Waals surface area contributed by atoms with Crippen molar-refractivity contribution >= 4 is 11.6 Å². The molecule has 0 saturated carbocycles. The van der Waals surface area contributed by atoms with Gasteiger partial charge >= 0.3 is 0 Å². The predicted molar refractivity (Wildman–Crippen MR) is 84.5 cm³/mol. The fourth-order valence-electron chi connectivity index (χ4n) is 2.26. The normalized spacial score (nSPS) is 12.0. The Hall–Kier alpha value is -2.76. The van der Waals surface area contributed by atoms with Crippen molar-refractivity contribution in [2.45, 2.75) is 19.9 Å². The second-order valence-electron chi connectivity index (χ2n) is 5.55. The van der Waals surface area contributed by atoms with Crippen LogP contribution in [0.2, 0.25) is 0 Å². The highest BCUT2D eigenvalue weighted by Crippen LogP contribution is 2.23. The molecule has 2 aromatic rings. The molecular weight excluding hydrogens is 299 g/mol. The Morgan fingerprint density at radius 2 is 1.65 bits per heavy atom. The van der Waals surface area contributed by atoms with E-state index in [9.17, 15) is 19.3 Å².